The highest BCUT2D eigenvalue weighted by Gasteiger charge is 2.06. The van der Waals surface area contributed by atoms with Gasteiger partial charge in [0.05, 0.1) is 25.8 Å². The fourth-order valence-electron chi connectivity index (χ4n) is 2.76. The molecule has 0 aliphatic rings. The van der Waals surface area contributed by atoms with E-state index in [1.54, 1.807) is 24.3 Å². The number of rotatable bonds is 12. The van der Waals surface area contributed by atoms with E-state index in [9.17, 15) is 9.59 Å². The molecular formula is C23H30N2O4. The van der Waals surface area contributed by atoms with E-state index in [1.807, 2.05) is 24.3 Å². The average molecular weight is 399 g/mol. The highest BCUT2D eigenvalue weighted by molar-refractivity contribution is 5.94. The molecule has 2 rings (SSSR count). The second-order valence-corrected chi connectivity index (χ2v) is 6.76. The lowest BCUT2D eigenvalue weighted by Gasteiger charge is -2.10. The average Bonchev–Trinajstić information content (AvgIpc) is 2.75. The maximum atomic E-state index is 12.1. The van der Waals surface area contributed by atoms with E-state index in [-0.39, 0.29) is 12.5 Å². The van der Waals surface area contributed by atoms with Crippen molar-refractivity contribution in [2.24, 2.45) is 0 Å². The summed E-state index contributed by atoms with van der Waals surface area (Å²) in [4.78, 5) is 23.5. The van der Waals surface area contributed by atoms with Gasteiger partial charge in [0.25, 0.3) is 0 Å². The predicted molar refractivity (Wildman–Crippen MR) is 116 cm³/mol. The highest BCUT2D eigenvalue weighted by atomic mass is 16.5. The topological polar surface area (TPSA) is 76.7 Å². The molecule has 2 N–H and O–H groups in total. The van der Waals surface area contributed by atoms with Crippen LogP contribution in [0, 0.1) is 0 Å². The van der Waals surface area contributed by atoms with Gasteiger partial charge in [0.15, 0.2) is 0 Å². The standard InChI is InChI=1S/C23H30N2O4/c1-3-4-5-6-7-16-29-21-14-12-20(13-15-21)25-22(26)17-24-19-10-8-18(9-11-19)23(27)28-2/h8-15,24H,3-7,16-17H2,1-2H3,(H,25,26). The Morgan fingerprint density at radius 3 is 2.17 bits per heavy atom. The second kappa shape index (κ2) is 12.4. The number of hydrogen-bond acceptors (Lipinski definition) is 5. The van der Waals surface area contributed by atoms with E-state index in [0.29, 0.717) is 17.9 Å². The van der Waals surface area contributed by atoms with Crippen molar-refractivity contribution < 1.29 is 19.1 Å². The van der Waals surface area contributed by atoms with Crippen LogP contribution in [-0.2, 0) is 9.53 Å². The molecule has 0 fully saturated rings. The summed E-state index contributed by atoms with van der Waals surface area (Å²) in [6.07, 6.45) is 6.03. The van der Waals surface area contributed by atoms with Crippen LogP contribution >= 0.6 is 0 Å². The van der Waals surface area contributed by atoms with Gasteiger partial charge in [-0.1, -0.05) is 32.6 Å². The third-order valence-electron chi connectivity index (χ3n) is 4.41. The lowest BCUT2D eigenvalue weighted by atomic mass is 10.2. The lowest BCUT2D eigenvalue weighted by molar-refractivity contribution is -0.114. The number of esters is 1. The fraction of sp³-hybridized carbons (Fsp3) is 0.391. The van der Waals surface area contributed by atoms with Crippen molar-refractivity contribution in [3.63, 3.8) is 0 Å². The molecule has 0 bridgehead atoms. The van der Waals surface area contributed by atoms with Crippen molar-refractivity contribution in [1.82, 2.24) is 0 Å². The Bertz CT molecular complexity index is 757. The number of nitrogens with one attached hydrogen (secondary N) is 2. The molecule has 0 spiro atoms. The first-order valence-electron chi connectivity index (χ1n) is 10.1. The van der Waals surface area contributed by atoms with Crippen LogP contribution in [0.1, 0.15) is 49.4 Å². The minimum Gasteiger partial charge on any atom is -0.494 e. The summed E-state index contributed by atoms with van der Waals surface area (Å²) in [6.45, 7) is 3.04. The summed E-state index contributed by atoms with van der Waals surface area (Å²) < 4.78 is 10.4. The maximum Gasteiger partial charge on any atom is 0.337 e. The summed E-state index contributed by atoms with van der Waals surface area (Å²) in [7, 11) is 1.34. The molecule has 2 aromatic carbocycles. The quantitative estimate of drug-likeness (QED) is 0.394. The third kappa shape index (κ3) is 8.25. The SMILES string of the molecule is CCCCCCCOc1ccc(NC(=O)CNc2ccc(C(=O)OC)cc2)cc1. The van der Waals surface area contributed by atoms with E-state index in [1.165, 1.54) is 32.8 Å². The Balaban J connectivity index is 1.70. The van der Waals surface area contributed by atoms with Gasteiger partial charge >= 0.3 is 5.97 Å². The monoisotopic (exact) mass is 398 g/mol. The molecule has 0 aliphatic carbocycles. The first kappa shape index (κ1) is 22.3. The molecule has 156 valence electrons. The van der Waals surface area contributed by atoms with Gasteiger partial charge in [-0.25, -0.2) is 4.79 Å². The van der Waals surface area contributed by atoms with Crippen LogP contribution in [0.25, 0.3) is 0 Å². The Hall–Kier alpha value is -3.02. The molecule has 29 heavy (non-hydrogen) atoms. The van der Waals surface area contributed by atoms with Crippen molar-refractivity contribution in [2.45, 2.75) is 39.0 Å². The summed E-state index contributed by atoms with van der Waals surface area (Å²) in [6, 6.07) is 14.1. The molecule has 0 saturated carbocycles. The smallest absolute Gasteiger partial charge is 0.337 e. The zero-order chi connectivity index (χ0) is 20.9. The molecule has 0 aliphatic heterocycles. The first-order chi connectivity index (χ1) is 14.1. The van der Waals surface area contributed by atoms with Crippen LogP contribution in [0.2, 0.25) is 0 Å². The molecule has 2 aromatic rings. The second-order valence-electron chi connectivity index (χ2n) is 6.76. The number of anilines is 2. The number of ether oxygens (including phenoxy) is 2. The number of carbonyl (C=O) groups excluding carboxylic acids is 2. The van der Waals surface area contributed by atoms with E-state index in [0.717, 1.165) is 17.9 Å². The van der Waals surface area contributed by atoms with Crippen LogP contribution in [0.4, 0.5) is 11.4 Å². The molecule has 1 amide bonds. The van der Waals surface area contributed by atoms with Gasteiger partial charge in [0.2, 0.25) is 5.91 Å². The fourth-order valence-corrected chi connectivity index (χ4v) is 2.76. The Morgan fingerprint density at radius 2 is 1.52 bits per heavy atom. The number of benzene rings is 2. The zero-order valence-corrected chi connectivity index (χ0v) is 17.2. The molecular weight excluding hydrogens is 368 g/mol. The molecule has 0 heterocycles. The molecule has 0 atom stereocenters. The summed E-state index contributed by atoms with van der Waals surface area (Å²) >= 11 is 0. The Morgan fingerprint density at radius 1 is 0.862 bits per heavy atom. The van der Waals surface area contributed by atoms with Crippen molar-refractivity contribution in [3.8, 4) is 5.75 Å². The van der Waals surface area contributed by atoms with Crippen molar-refractivity contribution in [1.29, 1.82) is 0 Å². The molecule has 6 nitrogen and oxygen atoms in total. The van der Waals surface area contributed by atoms with Gasteiger partial charge in [-0.3, -0.25) is 4.79 Å². The zero-order valence-electron chi connectivity index (χ0n) is 17.2. The number of methoxy groups -OCH3 is 1. The van der Waals surface area contributed by atoms with Crippen LogP contribution in [0.3, 0.4) is 0 Å². The van der Waals surface area contributed by atoms with E-state index < -0.39 is 5.97 Å². The van der Waals surface area contributed by atoms with Crippen molar-refractivity contribution in [3.05, 3.63) is 54.1 Å². The van der Waals surface area contributed by atoms with Crippen LogP contribution in [0.5, 0.6) is 5.75 Å². The number of unbranched alkanes of at least 4 members (excludes halogenated alkanes) is 4. The maximum absolute atomic E-state index is 12.1. The predicted octanol–water partition coefficient (Wildman–Crippen LogP) is 4.87. The molecule has 0 aromatic heterocycles. The van der Waals surface area contributed by atoms with E-state index in [4.69, 9.17) is 4.74 Å². The van der Waals surface area contributed by atoms with Crippen LogP contribution in [0.15, 0.2) is 48.5 Å². The molecule has 6 heteroatoms. The van der Waals surface area contributed by atoms with E-state index >= 15 is 0 Å². The minimum atomic E-state index is -0.391. The van der Waals surface area contributed by atoms with Crippen LogP contribution < -0.4 is 15.4 Å². The number of hydrogen-bond donors (Lipinski definition) is 2. The van der Waals surface area contributed by atoms with Crippen molar-refractivity contribution >= 4 is 23.3 Å². The highest BCUT2D eigenvalue weighted by Crippen LogP contribution is 2.16. The van der Waals surface area contributed by atoms with Gasteiger partial charge in [-0.05, 0) is 55.0 Å². The lowest BCUT2D eigenvalue weighted by Crippen LogP contribution is -2.21. The van der Waals surface area contributed by atoms with Crippen LogP contribution in [-0.4, -0.2) is 32.1 Å². The third-order valence-corrected chi connectivity index (χ3v) is 4.41. The minimum absolute atomic E-state index is 0.119. The largest absolute Gasteiger partial charge is 0.494 e. The normalized spacial score (nSPS) is 10.3. The molecule has 0 saturated heterocycles. The molecule has 0 unspecified atom stereocenters. The van der Waals surface area contributed by atoms with Gasteiger partial charge in [-0.15, -0.1) is 0 Å². The first-order valence-corrected chi connectivity index (χ1v) is 10.1. The van der Waals surface area contributed by atoms with Gasteiger partial charge in [0.1, 0.15) is 5.75 Å². The van der Waals surface area contributed by atoms with Gasteiger partial charge in [0, 0.05) is 11.4 Å². The Labute approximate surface area is 172 Å². The molecule has 0 radical (unpaired) electrons. The number of carbonyl (C=O) groups is 2. The van der Waals surface area contributed by atoms with Crippen molar-refractivity contribution in [2.75, 3.05) is 30.9 Å². The Kier molecular flexibility index (Phi) is 9.55. The summed E-state index contributed by atoms with van der Waals surface area (Å²) in [5.74, 6) is 0.257. The van der Waals surface area contributed by atoms with Gasteiger partial charge < -0.3 is 20.1 Å². The van der Waals surface area contributed by atoms with E-state index in [2.05, 4.69) is 22.3 Å². The summed E-state index contributed by atoms with van der Waals surface area (Å²) in [5, 5.41) is 5.86. The summed E-state index contributed by atoms with van der Waals surface area (Å²) in [5.41, 5.74) is 1.93. The van der Waals surface area contributed by atoms with Gasteiger partial charge in [-0.2, -0.15) is 0 Å². The number of amides is 1.